The number of ether oxygens (including phenoxy) is 4. The first-order valence-electron chi connectivity index (χ1n) is 10.6. The van der Waals surface area contributed by atoms with E-state index in [0.29, 0.717) is 36.9 Å². The standard InChI is InChI=1S/C23H27N3O7/c1-3-30-21-13-18(15-24-25-22(27)14-23(2)32-11-4-12-33-23)7-10-20(21)31-16-17-5-8-19(9-6-17)26(28)29/h5-10,13,15H,3-4,11-12,14,16H2,1-2H3,(H,25,27)/b24-15+. The van der Waals surface area contributed by atoms with Gasteiger partial charge in [-0.05, 0) is 61.7 Å². The molecule has 33 heavy (non-hydrogen) atoms. The van der Waals surface area contributed by atoms with Crippen LogP contribution in [0.1, 0.15) is 37.8 Å². The van der Waals surface area contributed by atoms with Gasteiger partial charge in [0.25, 0.3) is 5.69 Å². The maximum Gasteiger partial charge on any atom is 0.269 e. The Hall–Kier alpha value is -3.50. The van der Waals surface area contributed by atoms with Crippen LogP contribution < -0.4 is 14.9 Å². The van der Waals surface area contributed by atoms with E-state index in [4.69, 9.17) is 18.9 Å². The Balaban J connectivity index is 1.58. The summed E-state index contributed by atoms with van der Waals surface area (Å²) in [6.07, 6.45) is 2.36. The lowest BCUT2D eigenvalue weighted by Gasteiger charge is -2.33. The predicted octanol–water partition coefficient (Wildman–Crippen LogP) is 3.57. The molecule has 10 heteroatoms. The number of hydrazone groups is 1. The summed E-state index contributed by atoms with van der Waals surface area (Å²) in [4.78, 5) is 22.5. The molecule has 1 fully saturated rings. The fraction of sp³-hybridized carbons (Fsp3) is 0.391. The van der Waals surface area contributed by atoms with E-state index in [1.165, 1.54) is 18.3 Å². The van der Waals surface area contributed by atoms with Crippen LogP contribution in [0.25, 0.3) is 0 Å². The fourth-order valence-electron chi connectivity index (χ4n) is 3.16. The second-order valence-corrected chi connectivity index (χ2v) is 7.51. The molecule has 0 spiro atoms. The molecule has 0 unspecified atom stereocenters. The van der Waals surface area contributed by atoms with Gasteiger partial charge in [0.1, 0.15) is 6.61 Å². The Morgan fingerprint density at radius 1 is 1.18 bits per heavy atom. The third-order valence-corrected chi connectivity index (χ3v) is 4.80. The number of non-ortho nitro benzene ring substituents is 1. The Bertz CT molecular complexity index is 986. The lowest BCUT2D eigenvalue weighted by Crippen LogP contribution is -2.41. The largest absolute Gasteiger partial charge is 0.490 e. The number of nitrogens with one attached hydrogen (secondary N) is 1. The van der Waals surface area contributed by atoms with Crippen molar-refractivity contribution < 1.29 is 28.7 Å². The summed E-state index contributed by atoms with van der Waals surface area (Å²) < 4.78 is 22.6. The number of hydrogen-bond acceptors (Lipinski definition) is 8. The number of carbonyl (C=O) groups excluding carboxylic acids is 1. The summed E-state index contributed by atoms with van der Waals surface area (Å²) in [6, 6.07) is 11.4. The first kappa shape index (κ1) is 24.1. The Morgan fingerprint density at radius 3 is 2.58 bits per heavy atom. The smallest absolute Gasteiger partial charge is 0.269 e. The number of carbonyl (C=O) groups is 1. The molecule has 1 N–H and O–H groups in total. The highest BCUT2D eigenvalue weighted by atomic mass is 16.7. The van der Waals surface area contributed by atoms with Gasteiger partial charge >= 0.3 is 0 Å². The molecule has 1 heterocycles. The molecule has 1 aliphatic rings. The third-order valence-electron chi connectivity index (χ3n) is 4.80. The van der Waals surface area contributed by atoms with Crippen molar-refractivity contribution in [2.75, 3.05) is 19.8 Å². The minimum atomic E-state index is -0.928. The molecule has 0 atom stereocenters. The number of amides is 1. The predicted molar refractivity (Wildman–Crippen MR) is 120 cm³/mol. The molecule has 1 amide bonds. The SMILES string of the molecule is CCOc1cc(/C=N/NC(=O)CC2(C)OCCCO2)ccc1OCc1ccc([N+](=O)[O-])cc1. The lowest BCUT2D eigenvalue weighted by atomic mass is 10.2. The topological polar surface area (TPSA) is 122 Å². The zero-order chi connectivity index (χ0) is 23.7. The van der Waals surface area contributed by atoms with Crippen molar-refractivity contribution >= 4 is 17.8 Å². The van der Waals surface area contributed by atoms with Crippen LogP contribution in [0.2, 0.25) is 0 Å². The quantitative estimate of drug-likeness (QED) is 0.329. The molecule has 2 aromatic carbocycles. The van der Waals surface area contributed by atoms with Gasteiger partial charge in [-0.2, -0.15) is 5.10 Å². The number of nitrogens with zero attached hydrogens (tertiary/aromatic N) is 2. The Kier molecular flexibility index (Phi) is 8.34. The van der Waals surface area contributed by atoms with E-state index in [1.807, 2.05) is 6.92 Å². The van der Waals surface area contributed by atoms with E-state index in [2.05, 4.69) is 10.5 Å². The molecule has 2 aromatic rings. The van der Waals surface area contributed by atoms with Crippen LogP contribution in [0.4, 0.5) is 5.69 Å². The maximum absolute atomic E-state index is 12.1. The molecule has 3 rings (SSSR count). The van der Waals surface area contributed by atoms with Gasteiger partial charge in [-0.1, -0.05) is 0 Å². The first-order chi connectivity index (χ1) is 15.9. The molecule has 0 bridgehead atoms. The summed E-state index contributed by atoms with van der Waals surface area (Å²) in [5.74, 6) is -0.200. The molecule has 0 aliphatic carbocycles. The molecule has 0 saturated carbocycles. The summed E-state index contributed by atoms with van der Waals surface area (Å²) in [5, 5.41) is 14.8. The normalized spacial score (nSPS) is 15.2. The van der Waals surface area contributed by atoms with Gasteiger partial charge in [0.15, 0.2) is 17.3 Å². The van der Waals surface area contributed by atoms with E-state index in [-0.39, 0.29) is 24.6 Å². The summed E-state index contributed by atoms with van der Waals surface area (Å²) >= 11 is 0. The number of rotatable bonds is 10. The van der Waals surface area contributed by atoms with Gasteiger partial charge in [-0.15, -0.1) is 0 Å². The summed E-state index contributed by atoms with van der Waals surface area (Å²) in [7, 11) is 0. The highest BCUT2D eigenvalue weighted by molar-refractivity contribution is 5.83. The van der Waals surface area contributed by atoms with Gasteiger partial charge in [0, 0.05) is 12.1 Å². The van der Waals surface area contributed by atoms with E-state index in [9.17, 15) is 14.9 Å². The number of hydrogen-bond donors (Lipinski definition) is 1. The van der Waals surface area contributed by atoms with Crippen LogP contribution in [0.3, 0.4) is 0 Å². The van der Waals surface area contributed by atoms with Gasteiger partial charge in [0.05, 0.1) is 37.4 Å². The molecular weight excluding hydrogens is 430 g/mol. The van der Waals surface area contributed by atoms with Crippen LogP contribution in [0.5, 0.6) is 11.5 Å². The van der Waals surface area contributed by atoms with Crippen molar-refractivity contribution in [1.29, 1.82) is 0 Å². The average Bonchev–Trinajstić information content (AvgIpc) is 2.79. The molecule has 10 nitrogen and oxygen atoms in total. The number of nitro benzene ring substituents is 1. The monoisotopic (exact) mass is 457 g/mol. The van der Waals surface area contributed by atoms with Crippen LogP contribution in [0.15, 0.2) is 47.6 Å². The first-order valence-corrected chi connectivity index (χ1v) is 10.6. The van der Waals surface area contributed by atoms with Crippen molar-refractivity contribution in [3.63, 3.8) is 0 Å². The molecular formula is C23H27N3O7. The molecule has 0 aromatic heterocycles. The van der Waals surface area contributed by atoms with E-state index in [0.717, 1.165) is 12.0 Å². The van der Waals surface area contributed by atoms with Crippen LogP contribution in [-0.4, -0.2) is 42.7 Å². The van der Waals surface area contributed by atoms with Gasteiger partial charge in [0.2, 0.25) is 5.91 Å². The highest BCUT2D eigenvalue weighted by Gasteiger charge is 2.31. The van der Waals surface area contributed by atoms with Crippen molar-refractivity contribution in [1.82, 2.24) is 5.43 Å². The second kappa shape index (κ2) is 11.4. The maximum atomic E-state index is 12.1. The van der Waals surface area contributed by atoms with Crippen molar-refractivity contribution in [3.05, 3.63) is 63.7 Å². The highest BCUT2D eigenvalue weighted by Crippen LogP contribution is 2.29. The van der Waals surface area contributed by atoms with Crippen LogP contribution in [-0.2, 0) is 20.9 Å². The summed E-state index contributed by atoms with van der Waals surface area (Å²) in [6.45, 7) is 5.38. The average molecular weight is 457 g/mol. The van der Waals surface area contributed by atoms with Gasteiger partial charge < -0.3 is 18.9 Å². The second-order valence-electron chi connectivity index (χ2n) is 7.51. The molecule has 0 radical (unpaired) electrons. The van der Waals surface area contributed by atoms with Crippen molar-refractivity contribution in [2.24, 2.45) is 5.10 Å². The van der Waals surface area contributed by atoms with E-state index >= 15 is 0 Å². The Morgan fingerprint density at radius 2 is 1.91 bits per heavy atom. The van der Waals surface area contributed by atoms with Crippen LogP contribution in [0, 0.1) is 10.1 Å². The number of nitro groups is 1. The van der Waals surface area contributed by atoms with Gasteiger partial charge in [-0.25, -0.2) is 5.43 Å². The van der Waals surface area contributed by atoms with E-state index < -0.39 is 10.7 Å². The van der Waals surface area contributed by atoms with Crippen molar-refractivity contribution in [3.8, 4) is 11.5 Å². The zero-order valence-electron chi connectivity index (χ0n) is 18.6. The summed E-state index contributed by atoms with van der Waals surface area (Å²) in [5.41, 5.74) is 4.00. The molecule has 1 saturated heterocycles. The lowest BCUT2D eigenvalue weighted by molar-refractivity contribution is -0.384. The Labute approximate surface area is 191 Å². The third kappa shape index (κ3) is 7.26. The zero-order valence-corrected chi connectivity index (χ0v) is 18.6. The minimum Gasteiger partial charge on any atom is -0.490 e. The van der Waals surface area contributed by atoms with Crippen molar-refractivity contribution in [2.45, 2.75) is 39.1 Å². The minimum absolute atomic E-state index is 0.0254. The van der Waals surface area contributed by atoms with Crippen LogP contribution >= 0.6 is 0 Å². The van der Waals surface area contributed by atoms with E-state index in [1.54, 1.807) is 37.3 Å². The fourth-order valence-corrected chi connectivity index (χ4v) is 3.16. The molecule has 176 valence electrons. The molecule has 1 aliphatic heterocycles. The number of benzene rings is 2. The van der Waals surface area contributed by atoms with Gasteiger partial charge in [-0.3, -0.25) is 14.9 Å².